The van der Waals surface area contributed by atoms with Crippen LogP contribution in [-0.4, -0.2) is 37.9 Å². The standard InChI is InChI=1S/C26H23FN4OS/c27-23-13-7-6-12-22(23)25-28-29-26(31(25)16-19-8-2-1-3-9-19)33-18-24(32)30-15-14-20-10-4-5-11-21(20)17-30/h1-13H,14-18H2. The lowest BCUT2D eigenvalue weighted by Crippen LogP contribution is -2.37. The Labute approximate surface area is 196 Å². The molecule has 0 unspecified atom stereocenters. The topological polar surface area (TPSA) is 51.0 Å². The van der Waals surface area contributed by atoms with E-state index >= 15 is 0 Å². The van der Waals surface area contributed by atoms with Crippen molar-refractivity contribution in [2.45, 2.75) is 24.7 Å². The van der Waals surface area contributed by atoms with Gasteiger partial charge in [0.05, 0.1) is 17.9 Å². The summed E-state index contributed by atoms with van der Waals surface area (Å²) in [6, 6.07) is 24.7. The monoisotopic (exact) mass is 458 g/mol. The Balaban J connectivity index is 1.37. The van der Waals surface area contributed by atoms with Gasteiger partial charge in [0.15, 0.2) is 11.0 Å². The van der Waals surface area contributed by atoms with Crippen LogP contribution in [0.5, 0.6) is 0 Å². The third-order valence-electron chi connectivity index (χ3n) is 5.82. The molecule has 0 saturated carbocycles. The Hall–Kier alpha value is -3.45. The second kappa shape index (κ2) is 9.58. The fourth-order valence-electron chi connectivity index (χ4n) is 4.07. The maximum atomic E-state index is 14.5. The van der Waals surface area contributed by atoms with Crippen molar-refractivity contribution < 1.29 is 9.18 Å². The molecule has 0 saturated heterocycles. The van der Waals surface area contributed by atoms with Crippen molar-refractivity contribution >= 4 is 17.7 Å². The summed E-state index contributed by atoms with van der Waals surface area (Å²) < 4.78 is 16.4. The summed E-state index contributed by atoms with van der Waals surface area (Å²) in [6.45, 7) is 1.84. The molecule has 4 aromatic rings. The zero-order valence-corrected chi connectivity index (χ0v) is 18.8. The van der Waals surface area contributed by atoms with E-state index in [1.807, 2.05) is 51.9 Å². The fraction of sp³-hybridized carbons (Fsp3) is 0.192. The predicted molar refractivity (Wildman–Crippen MR) is 127 cm³/mol. The predicted octanol–water partition coefficient (Wildman–Crippen LogP) is 4.81. The van der Waals surface area contributed by atoms with Crippen LogP contribution in [0.4, 0.5) is 4.39 Å². The third kappa shape index (κ3) is 4.68. The van der Waals surface area contributed by atoms with Crippen LogP contribution in [-0.2, 0) is 24.3 Å². The number of amides is 1. The minimum absolute atomic E-state index is 0.0659. The molecule has 0 radical (unpaired) electrons. The molecule has 0 fully saturated rings. The van der Waals surface area contributed by atoms with Crippen LogP contribution in [0.1, 0.15) is 16.7 Å². The molecule has 1 aromatic heterocycles. The van der Waals surface area contributed by atoms with Gasteiger partial charge in [0.2, 0.25) is 5.91 Å². The maximum Gasteiger partial charge on any atom is 0.233 e. The zero-order chi connectivity index (χ0) is 22.6. The summed E-state index contributed by atoms with van der Waals surface area (Å²) in [5.41, 5.74) is 3.96. The fourth-order valence-corrected chi connectivity index (χ4v) is 4.91. The molecule has 0 atom stereocenters. The molecule has 1 aliphatic rings. The van der Waals surface area contributed by atoms with E-state index in [9.17, 15) is 9.18 Å². The Bertz CT molecular complexity index is 1270. The third-order valence-corrected chi connectivity index (χ3v) is 6.77. The highest BCUT2D eigenvalue weighted by atomic mass is 32.2. The number of thioether (sulfide) groups is 1. The first kappa shape index (κ1) is 21.4. The van der Waals surface area contributed by atoms with Gasteiger partial charge < -0.3 is 4.90 Å². The van der Waals surface area contributed by atoms with Gasteiger partial charge in [0.1, 0.15) is 5.82 Å². The van der Waals surface area contributed by atoms with E-state index in [1.54, 1.807) is 18.2 Å². The van der Waals surface area contributed by atoms with E-state index in [4.69, 9.17) is 0 Å². The summed E-state index contributed by atoms with van der Waals surface area (Å²) in [5, 5.41) is 9.21. The molecule has 0 aliphatic carbocycles. The van der Waals surface area contributed by atoms with E-state index < -0.39 is 0 Å². The van der Waals surface area contributed by atoms with Crippen molar-refractivity contribution in [3.63, 3.8) is 0 Å². The molecular formula is C26H23FN4OS. The van der Waals surface area contributed by atoms with Gasteiger partial charge in [-0.3, -0.25) is 9.36 Å². The van der Waals surface area contributed by atoms with Gasteiger partial charge in [-0.25, -0.2) is 4.39 Å². The molecule has 1 aliphatic heterocycles. The number of hydrogen-bond acceptors (Lipinski definition) is 4. The highest BCUT2D eigenvalue weighted by molar-refractivity contribution is 7.99. The van der Waals surface area contributed by atoms with E-state index in [-0.39, 0.29) is 17.5 Å². The van der Waals surface area contributed by atoms with Crippen LogP contribution in [0.2, 0.25) is 0 Å². The largest absolute Gasteiger partial charge is 0.337 e. The number of hydrogen-bond donors (Lipinski definition) is 0. The molecule has 0 spiro atoms. The Morgan fingerprint density at radius 3 is 2.45 bits per heavy atom. The molecule has 3 aromatic carbocycles. The molecule has 166 valence electrons. The van der Waals surface area contributed by atoms with Crippen LogP contribution in [0.25, 0.3) is 11.4 Å². The van der Waals surface area contributed by atoms with Gasteiger partial charge in [-0.05, 0) is 35.2 Å². The van der Waals surface area contributed by atoms with Crippen LogP contribution in [0.15, 0.2) is 84.0 Å². The SMILES string of the molecule is O=C(CSc1nnc(-c2ccccc2F)n1Cc1ccccc1)N1CCc2ccccc2C1. The summed E-state index contributed by atoms with van der Waals surface area (Å²) in [6.07, 6.45) is 0.869. The molecule has 5 rings (SSSR count). The minimum Gasteiger partial charge on any atom is -0.337 e. The van der Waals surface area contributed by atoms with Crippen molar-refractivity contribution in [3.8, 4) is 11.4 Å². The first-order chi connectivity index (χ1) is 16.2. The van der Waals surface area contributed by atoms with Crippen molar-refractivity contribution in [3.05, 3.63) is 101 Å². The van der Waals surface area contributed by atoms with E-state index in [2.05, 4.69) is 22.3 Å². The molecule has 5 nitrogen and oxygen atoms in total. The van der Waals surface area contributed by atoms with Crippen molar-refractivity contribution in [1.29, 1.82) is 0 Å². The summed E-state index contributed by atoms with van der Waals surface area (Å²) in [4.78, 5) is 14.9. The minimum atomic E-state index is -0.348. The van der Waals surface area contributed by atoms with Crippen molar-refractivity contribution in [2.75, 3.05) is 12.3 Å². The Morgan fingerprint density at radius 2 is 1.64 bits per heavy atom. The zero-order valence-electron chi connectivity index (χ0n) is 18.0. The maximum absolute atomic E-state index is 14.5. The molecule has 7 heteroatoms. The molecule has 33 heavy (non-hydrogen) atoms. The smallest absolute Gasteiger partial charge is 0.233 e. The highest BCUT2D eigenvalue weighted by Crippen LogP contribution is 2.28. The van der Waals surface area contributed by atoms with Crippen molar-refractivity contribution in [2.24, 2.45) is 0 Å². The van der Waals surface area contributed by atoms with E-state index in [0.29, 0.717) is 36.2 Å². The lowest BCUT2D eigenvalue weighted by molar-refractivity contribution is -0.129. The number of aromatic nitrogens is 3. The Morgan fingerprint density at radius 1 is 0.909 bits per heavy atom. The molecule has 0 N–H and O–H groups in total. The summed E-state index contributed by atoms with van der Waals surface area (Å²) in [7, 11) is 0. The van der Waals surface area contributed by atoms with Crippen LogP contribution < -0.4 is 0 Å². The number of carbonyl (C=O) groups is 1. The van der Waals surface area contributed by atoms with Gasteiger partial charge in [-0.15, -0.1) is 10.2 Å². The Kier molecular flexibility index (Phi) is 6.21. The molecular weight excluding hydrogens is 435 g/mol. The lowest BCUT2D eigenvalue weighted by Gasteiger charge is -2.28. The highest BCUT2D eigenvalue weighted by Gasteiger charge is 2.23. The van der Waals surface area contributed by atoms with Crippen molar-refractivity contribution in [1.82, 2.24) is 19.7 Å². The summed E-state index contributed by atoms with van der Waals surface area (Å²) in [5.74, 6) is 0.431. The number of halogens is 1. The lowest BCUT2D eigenvalue weighted by atomic mass is 10.00. The molecule has 1 amide bonds. The average molecular weight is 459 g/mol. The average Bonchev–Trinajstić information content (AvgIpc) is 3.25. The van der Waals surface area contributed by atoms with E-state index in [1.165, 1.54) is 29.0 Å². The second-order valence-electron chi connectivity index (χ2n) is 7.98. The van der Waals surface area contributed by atoms with Gasteiger partial charge in [-0.1, -0.05) is 78.5 Å². The number of benzene rings is 3. The quantitative estimate of drug-likeness (QED) is 0.389. The number of rotatable bonds is 6. The normalized spacial score (nSPS) is 13.1. The summed E-state index contributed by atoms with van der Waals surface area (Å²) >= 11 is 1.35. The molecule has 2 heterocycles. The number of fused-ring (bicyclic) bond motifs is 1. The second-order valence-corrected chi connectivity index (χ2v) is 8.92. The van der Waals surface area contributed by atoms with Gasteiger partial charge >= 0.3 is 0 Å². The molecule has 0 bridgehead atoms. The van der Waals surface area contributed by atoms with E-state index in [0.717, 1.165) is 12.0 Å². The van der Waals surface area contributed by atoms with Crippen LogP contribution in [0.3, 0.4) is 0 Å². The number of carbonyl (C=O) groups excluding carboxylic acids is 1. The van der Waals surface area contributed by atoms with Gasteiger partial charge in [0, 0.05) is 13.1 Å². The van der Waals surface area contributed by atoms with Crippen LogP contribution >= 0.6 is 11.8 Å². The number of nitrogens with zero attached hydrogens (tertiary/aromatic N) is 4. The van der Waals surface area contributed by atoms with Gasteiger partial charge in [0.25, 0.3) is 0 Å². The first-order valence-electron chi connectivity index (χ1n) is 10.9. The van der Waals surface area contributed by atoms with Gasteiger partial charge in [-0.2, -0.15) is 0 Å². The first-order valence-corrected chi connectivity index (χ1v) is 11.9. The van der Waals surface area contributed by atoms with Crippen LogP contribution in [0, 0.1) is 5.82 Å².